The first-order valence-corrected chi connectivity index (χ1v) is 7.15. The SMILES string of the molecule is NC1=NCC(c2cc(Br)ccc2F)N1c1cccc(F)c1. The first-order valence-electron chi connectivity index (χ1n) is 6.36. The predicted octanol–water partition coefficient (Wildman–Crippen LogP) is 3.60. The highest BCUT2D eigenvalue weighted by Crippen LogP contribution is 2.33. The lowest BCUT2D eigenvalue weighted by Crippen LogP contribution is -2.36. The molecule has 3 nitrogen and oxygen atoms in total. The van der Waals surface area contributed by atoms with Gasteiger partial charge in [0.2, 0.25) is 0 Å². The molecule has 1 aliphatic rings. The quantitative estimate of drug-likeness (QED) is 0.897. The Labute approximate surface area is 129 Å². The molecule has 0 spiro atoms. The van der Waals surface area contributed by atoms with E-state index >= 15 is 0 Å². The Kier molecular flexibility index (Phi) is 3.63. The number of halogens is 3. The number of rotatable bonds is 2. The van der Waals surface area contributed by atoms with Crippen LogP contribution in [-0.2, 0) is 0 Å². The molecule has 3 rings (SSSR count). The molecule has 1 atom stereocenters. The van der Waals surface area contributed by atoms with Crippen LogP contribution in [0.1, 0.15) is 11.6 Å². The largest absolute Gasteiger partial charge is 0.369 e. The molecule has 1 unspecified atom stereocenters. The predicted molar refractivity (Wildman–Crippen MR) is 82.2 cm³/mol. The number of hydrogen-bond donors (Lipinski definition) is 1. The minimum atomic E-state index is -0.385. The molecule has 0 fully saturated rings. The van der Waals surface area contributed by atoms with E-state index in [1.54, 1.807) is 29.2 Å². The number of nitrogens with two attached hydrogens (primary N) is 1. The van der Waals surface area contributed by atoms with Crippen molar-refractivity contribution in [2.75, 3.05) is 11.4 Å². The molecule has 0 bridgehead atoms. The Morgan fingerprint density at radius 1 is 1.19 bits per heavy atom. The molecule has 1 heterocycles. The molecule has 6 heteroatoms. The van der Waals surface area contributed by atoms with Crippen molar-refractivity contribution >= 4 is 27.6 Å². The summed E-state index contributed by atoms with van der Waals surface area (Å²) in [4.78, 5) is 5.81. The molecule has 0 radical (unpaired) electrons. The second kappa shape index (κ2) is 5.44. The van der Waals surface area contributed by atoms with Gasteiger partial charge in [-0.25, -0.2) is 8.78 Å². The van der Waals surface area contributed by atoms with Crippen LogP contribution in [0.25, 0.3) is 0 Å². The van der Waals surface area contributed by atoms with Gasteiger partial charge >= 0.3 is 0 Å². The van der Waals surface area contributed by atoms with Crippen molar-refractivity contribution in [2.24, 2.45) is 10.7 Å². The van der Waals surface area contributed by atoms with Crippen molar-refractivity contribution in [1.82, 2.24) is 0 Å². The van der Waals surface area contributed by atoms with Gasteiger partial charge in [0.25, 0.3) is 0 Å². The first-order chi connectivity index (χ1) is 10.1. The molecule has 2 aromatic carbocycles. The molecule has 2 aromatic rings. The summed E-state index contributed by atoms with van der Waals surface area (Å²) in [6, 6.07) is 10.3. The van der Waals surface area contributed by atoms with E-state index in [0.29, 0.717) is 17.8 Å². The minimum Gasteiger partial charge on any atom is -0.369 e. The van der Waals surface area contributed by atoms with E-state index in [0.717, 1.165) is 4.47 Å². The molecular weight excluding hydrogens is 340 g/mol. The van der Waals surface area contributed by atoms with Crippen LogP contribution in [0.15, 0.2) is 51.9 Å². The van der Waals surface area contributed by atoms with Gasteiger partial charge < -0.3 is 10.6 Å². The summed E-state index contributed by atoms with van der Waals surface area (Å²) in [5, 5.41) is 0. The molecule has 21 heavy (non-hydrogen) atoms. The number of aliphatic imine (C=N–C) groups is 1. The van der Waals surface area contributed by atoms with Crippen LogP contribution in [0.2, 0.25) is 0 Å². The summed E-state index contributed by atoms with van der Waals surface area (Å²) in [6.45, 7) is 0.329. The lowest BCUT2D eigenvalue weighted by Gasteiger charge is -2.27. The maximum Gasteiger partial charge on any atom is 0.196 e. The van der Waals surface area contributed by atoms with Crippen molar-refractivity contribution in [3.8, 4) is 0 Å². The van der Waals surface area contributed by atoms with E-state index in [9.17, 15) is 8.78 Å². The number of nitrogens with zero attached hydrogens (tertiary/aromatic N) is 2. The number of guanidine groups is 1. The van der Waals surface area contributed by atoms with Crippen LogP contribution in [0.5, 0.6) is 0 Å². The molecule has 2 N–H and O–H groups in total. The summed E-state index contributed by atoms with van der Waals surface area (Å²) in [7, 11) is 0. The fourth-order valence-electron chi connectivity index (χ4n) is 2.44. The third kappa shape index (κ3) is 2.63. The number of hydrogen-bond acceptors (Lipinski definition) is 3. The maximum absolute atomic E-state index is 14.1. The van der Waals surface area contributed by atoms with Crippen molar-refractivity contribution in [3.63, 3.8) is 0 Å². The fraction of sp³-hybridized carbons (Fsp3) is 0.133. The summed E-state index contributed by atoms with van der Waals surface area (Å²) in [5.74, 6) is -0.458. The monoisotopic (exact) mass is 351 g/mol. The summed E-state index contributed by atoms with van der Waals surface area (Å²) in [6.07, 6.45) is 0. The smallest absolute Gasteiger partial charge is 0.196 e. The second-order valence-corrected chi connectivity index (χ2v) is 5.65. The summed E-state index contributed by atoms with van der Waals surface area (Å²) >= 11 is 3.33. The molecule has 0 saturated carbocycles. The third-order valence-corrected chi connectivity index (χ3v) is 3.88. The van der Waals surface area contributed by atoms with Crippen LogP contribution < -0.4 is 10.6 Å². The standard InChI is InChI=1S/C15H12BrF2N3/c16-9-4-5-13(18)12(6-9)14-8-20-15(19)21(14)11-3-1-2-10(17)7-11/h1-7,14H,8H2,(H2,19,20). The van der Waals surface area contributed by atoms with Crippen LogP contribution >= 0.6 is 15.9 Å². The van der Waals surface area contributed by atoms with Gasteiger partial charge in [-0.1, -0.05) is 22.0 Å². The van der Waals surface area contributed by atoms with Gasteiger partial charge in [-0.3, -0.25) is 4.99 Å². The first kappa shape index (κ1) is 14.0. The zero-order chi connectivity index (χ0) is 15.0. The van der Waals surface area contributed by atoms with Gasteiger partial charge in [0.05, 0.1) is 12.6 Å². The van der Waals surface area contributed by atoms with E-state index in [1.165, 1.54) is 18.2 Å². The Bertz CT molecular complexity index is 718. The van der Waals surface area contributed by atoms with Crippen molar-refractivity contribution in [1.29, 1.82) is 0 Å². The minimum absolute atomic E-state index is 0.255. The summed E-state index contributed by atoms with van der Waals surface area (Å²) in [5.41, 5.74) is 6.92. The molecule has 0 amide bonds. The fourth-order valence-corrected chi connectivity index (χ4v) is 2.82. The molecule has 108 valence electrons. The highest BCUT2D eigenvalue weighted by atomic mass is 79.9. The van der Waals surface area contributed by atoms with Crippen LogP contribution in [-0.4, -0.2) is 12.5 Å². The van der Waals surface area contributed by atoms with E-state index in [2.05, 4.69) is 20.9 Å². The molecular formula is C15H12BrF2N3. The van der Waals surface area contributed by atoms with Crippen LogP contribution in [0.4, 0.5) is 14.5 Å². The molecule has 0 saturated heterocycles. The number of benzene rings is 2. The molecule has 0 aliphatic carbocycles. The topological polar surface area (TPSA) is 41.6 Å². The second-order valence-electron chi connectivity index (χ2n) is 4.73. The van der Waals surface area contributed by atoms with Crippen LogP contribution in [0.3, 0.4) is 0 Å². The van der Waals surface area contributed by atoms with E-state index in [-0.39, 0.29) is 23.6 Å². The lowest BCUT2D eigenvalue weighted by atomic mass is 10.0. The Morgan fingerprint density at radius 3 is 2.76 bits per heavy atom. The highest BCUT2D eigenvalue weighted by molar-refractivity contribution is 9.10. The van der Waals surface area contributed by atoms with Gasteiger partial charge in [0, 0.05) is 15.7 Å². The Balaban J connectivity index is 2.05. The van der Waals surface area contributed by atoms with Gasteiger partial charge in [0.1, 0.15) is 11.6 Å². The normalized spacial score (nSPS) is 18.0. The average molecular weight is 352 g/mol. The van der Waals surface area contributed by atoms with E-state index in [1.807, 2.05) is 0 Å². The van der Waals surface area contributed by atoms with Gasteiger partial charge in [-0.05, 0) is 36.4 Å². The van der Waals surface area contributed by atoms with Gasteiger partial charge in [-0.2, -0.15) is 0 Å². The highest BCUT2D eigenvalue weighted by Gasteiger charge is 2.31. The van der Waals surface area contributed by atoms with Crippen molar-refractivity contribution < 1.29 is 8.78 Å². The van der Waals surface area contributed by atoms with E-state index in [4.69, 9.17) is 5.73 Å². The van der Waals surface area contributed by atoms with Gasteiger partial charge in [0.15, 0.2) is 5.96 Å². The Hall–Kier alpha value is -1.95. The van der Waals surface area contributed by atoms with Crippen LogP contribution in [0, 0.1) is 11.6 Å². The third-order valence-electron chi connectivity index (χ3n) is 3.39. The zero-order valence-electron chi connectivity index (χ0n) is 10.9. The zero-order valence-corrected chi connectivity index (χ0v) is 12.5. The van der Waals surface area contributed by atoms with E-state index < -0.39 is 0 Å². The molecule has 0 aromatic heterocycles. The maximum atomic E-state index is 14.1. The summed E-state index contributed by atoms with van der Waals surface area (Å²) < 4.78 is 28.3. The lowest BCUT2D eigenvalue weighted by molar-refractivity contribution is 0.588. The van der Waals surface area contributed by atoms with Crippen molar-refractivity contribution in [2.45, 2.75) is 6.04 Å². The number of anilines is 1. The van der Waals surface area contributed by atoms with Crippen molar-refractivity contribution in [3.05, 3.63) is 64.1 Å². The molecule has 1 aliphatic heterocycles. The van der Waals surface area contributed by atoms with Gasteiger partial charge in [-0.15, -0.1) is 0 Å². The average Bonchev–Trinajstić information content (AvgIpc) is 2.83. The Morgan fingerprint density at radius 2 is 2.00 bits per heavy atom.